The zero-order chi connectivity index (χ0) is 16.3. The number of aryl methyl sites for hydroxylation is 1. The number of fused-ring (bicyclic) bond motifs is 5. The molecule has 2 bridgehead atoms. The van der Waals surface area contributed by atoms with E-state index in [4.69, 9.17) is 10.7 Å². The molecule has 3 fully saturated rings. The van der Waals surface area contributed by atoms with E-state index in [2.05, 4.69) is 19.9 Å². The lowest BCUT2D eigenvalue weighted by molar-refractivity contribution is 0.0183. The Morgan fingerprint density at radius 2 is 2.08 bits per heavy atom. The lowest BCUT2D eigenvalue weighted by atomic mass is 9.76. The van der Waals surface area contributed by atoms with Crippen molar-refractivity contribution in [2.45, 2.75) is 31.7 Å². The summed E-state index contributed by atoms with van der Waals surface area (Å²) in [6.07, 6.45) is 7.22. The molecule has 3 atom stereocenters. The largest absolute Gasteiger partial charge is 0.383 e. The molecule has 0 amide bonds. The molecule has 128 valence electrons. The summed E-state index contributed by atoms with van der Waals surface area (Å²) >= 11 is 0. The Hall–Kier alpha value is -1.89. The fraction of sp³-hybridized carbons (Fsp3) is 0.706. The monoisotopic (exact) mass is 327 g/mol. The van der Waals surface area contributed by atoms with E-state index in [9.17, 15) is 0 Å². The first-order valence-corrected chi connectivity index (χ1v) is 9.13. The fourth-order valence-corrected chi connectivity index (χ4v) is 5.10. The van der Waals surface area contributed by atoms with Crippen LogP contribution in [-0.4, -0.2) is 56.9 Å². The topological polar surface area (TPSA) is 76.1 Å². The number of nitrogens with zero attached hydrogens (tertiary/aromatic N) is 6. The smallest absolute Gasteiger partial charge is 0.229 e. The molecule has 0 unspecified atom stereocenters. The van der Waals surface area contributed by atoms with E-state index in [1.165, 1.54) is 38.8 Å². The third kappa shape index (κ3) is 2.17. The Morgan fingerprint density at radius 3 is 3.00 bits per heavy atom. The van der Waals surface area contributed by atoms with Crippen molar-refractivity contribution in [1.29, 1.82) is 0 Å². The lowest BCUT2D eigenvalue weighted by Gasteiger charge is -2.52. The normalized spacial score (nSPS) is 30.5. The molecule has 3 aliphatic heterocycles. The summed E-state index contributed by atoms with van der Waals surface area (Å²) in [4.78, 5) is 14.5. The third-order valence-corrected chi connectivity index (χ3v) is 6.16. The van der Waals surface area contributed by atoms with Gasteiger partial charge in [0, 0.05) is 32.7 Å². The predicted octanol–water partition coefficient (Wildman–Crippen LogP) is 1.26. The minimum Gasteiger partial charge on any atom is -0.383 e. The molecule has 3 saturated heterocycles. The van der Waals surface area contributed by atoms with Crippen LogP contribution in [0.15, 0.2) is 6.20 Å². The number of hydrogen-bond acceptors (Lipinski definition) is 6. The second-order valence-electron chi connectivity index (χ2n) is 7.74. The van der Waals surface area contributed by atoms with Crippen molar-refractivity contribution in [3.8, 4) is 0 Å². The summed E-state index contributed by atoms with van der Waals surface area (Å²) < 4.78 is 1.78. The molecule has 0 radical (unpaired) electrons. The van der Waals surface area contributed by atoms with Gasteiger partial charge in [-0.05, 0) is 37.6 Å². The standard InChI is InChI=1S/C17H25N7/c1-22-16-13(7-19-22)15(18)20-17(21-16)24-9-11-6-12(10-24)14-4-2-3-5-23(14)8-11/h7,11-12,14H,2-6,8-10H2,1H3,(H2,18,20,21)/t11-,12-,14+/m1/s1. The highest BCUT2D eigenvalue weighted by Crippen LogP contribution is 2.38. The van der Waals surface area contributed by atoms with Crippen molar-refractivity contribution in [3.05, 3.63) is 6.20 Å². The van der Waals surface area contributed by atoms with Crippen LogP contribution in [0.3, 0.4) is 0 Å². The van der Waals surface area contributed by atoms with Crippen LogP contribution >= 0.6 is 0 Å². The second kappa shape index (κ2) is 5.31. The molecule has 7 heteroatoms. The van der Waals surface area contributed by atoms with E-state index in [0.717, 1.165) is 47.9 Å². The first kappa shape index (κ1) is 14.5. The van der Waals surface area contributed by atoms with E-state index in [1.807, 2.05) is 7.05 Å². The number of hydrogen-bond donors (Lipinski definition) is 1. The Morgan fingerprint density at radius 1 is 1.17 bits per heavy atom. The van der Waals surface area contributed by atoms with Crippen molar-refractivity contribution in [2.75, 3.05) is 36.8 Å². The first-order chi connectivity index (χ1) is 11.7. The van der Waals surface area contributed by atoms with Gasteiger partial charge in [0.25, 0.3) is 0 Å². The van der Waals surface area contributed by atoms with Gasteiger partial charge in [-0.25, -0.2) is 0 Å². The predicted molar refractivity (Wildman–Crippen MR) is 93.7 cm³/mol. The van der Waals surface area contributed by atoms with Crippen LogP contribution in [0.25, 0.3) is 11.0 Å². The molecule has 7 nitrogen and oxygen atoms in total. The summed E-state index contributed by atoms with van der Waals surface area (Å²) in [7, 11) is 1.91. The van der Waals surface area contributed by atoms with Crippen LogP contribution in [0.5, 0.6) is 0 Å². The summed E-state index contributed by atoms with van der Waals surface area (Å²) in [5, 5.41) is 5.11. The number of piperidine rings is 3. The molecule has 2 aromatic rings. The van der Waals surface area contributed by atoms with Gasteiger partial charge in [0.05, 0.1) is 11.6 Å². The molecule has 5 heterocycles. The third-order valence-electron chi connectivity index (χ3n) is 6.16. The highest BCUT2D eigenvalue weighted by atomic mass is 15.3. The Balaban J connectivity index is 1.47. The van der Waals surface area contributed by atoms with Crippen molar-refractivity contribution in [1.82, 2.24) is 24.6 Å². The molecular weight excluding hydrogens is 302 g/mol. The van der Waals surface area contributed by atoms with Gasteiger partial charge in [0.2, 0.25) is 5.95 Å². The SMILES string of the molecule is Cn1ncc2c(N)nc(N3C[C@@H]4C[C@H](C3)[C@@H]3CCCCN3C4)nc21. The molecule has 2 aromatic heterocycles. The van der Waals surface area contributed by atoms with Crippen LogP contribution in [0.4, 0.5) is 11.8 Å². The van der Waals surface area contributed by atoms with E-state index < -0.39 is 0 Å². The van der Waals surface area contributed by atoms with Crippen LogP contribution in [0.1, 0.15) is 25.7 Å². The molecular formula is C17H25N7. The Labute approximate surface area is 141 Å². The average Bonchev–Trinajstić information content (AvgIpc) is 2.96. The van der Waals surface area contributed by atoms with E-state index >= 15 is 0 Å². The Kier molecular flexibility index (Phi) is 3.20. The second-order valence-corrected chi connectivity index (χ2v) is 7.74. The Bertz CT molecular complexity index is 770. The minimum absolute atomic E-state index is 0.540. The maximum absolute atomic E-state index is 6.16. The summed E-state index contributed by atoms with van der Waals surface area (Å²) in [6.45, 7) is 4.63. The molecule has 3 aliphatic rings. The maximum atomic E-state index is 6.16. The first-order valence-electron chi connectivity index (χ1n) is 9.13. The molecule has 2 N–H and O–H groups in total. The molecule has 0 aliphatic carbocycles. The quantitative estimate of drug-likeness (QED) is 0.850. The fourth-order valence-electron chi connectivity index (χ4n) is 5.10. The number of nitrogens with two attached hydrogens (primary N) is 1. The number of nitrogen functional groups attached to an aromatic ring is 1. The summed E-state index contributed by atoms with van der Waals surface area (Å²) in [5.41, 5.74) is 6.99. The molecule has 0 spiro atoms. The lowest BCUT2D eigenvalue weighted by Crippen LogP contribution is -2.59. The van der Waals surface area contributed by atoms with Crippen LogP contribution in [0.2, 0.25) is 0 Å². The van der Waals surface area contributed by atoms with E-state index in [0.29, 0.717) is 5.82 Å². The average molecular weight is 327 g/mol. The minimum atomic E-state index is 0.540. The van der Waals surface area contributed by atoms with E-state index in [1.54, 1.807) is 10.9 Å². The van der Waals surface area contributed by atoms with Gasteiger partial charge < -0.3 is 10.6 Å². The van der Waals surface area contributed by atoms with Crippen molar-refractivity contribution in [3.63, 3.8) is 0 Å². The molecule has 5 rings (SSSR count). The highest BCUT2D eigenvalue weighted by molar-refractivity contribution is 5.86. The van der Waals surface area contributed by atoms with Gasteiger partial charge in [0.1, 0.15) is 5.82 Å². The summed E-state index contributed by atoms with van der Waals surface area (Å²) in [5.74, 6) is 2.79. The van der Waals surface area contributed by atoms with Crippen LogP contribution in [0, 0.1) is 11.8 Å². The van der Waals surface area contributed by atoms with Crippen LogP contribution in [-0.2, 0) is 7.05 Å². The van der Waals surface area contributed by atoms with Gasteiger partial charge in [0.15, 0.2) is 5.65 Å². The van der Waals surface area contributed by atoms with E-state index in [-0.39, 0.29) is 0 Å². The van der Waals surface area contributed by atoms with Crippen molar-refractivity contribution in [2.24, 2.45) is 18.9 Å². The van der Waals surface area contributed by atoms with Gasteiger partial charge in [-0.2, -0.15) is 15.1 Å². The summed E-state index contributed by atoms with van der Waals surface area (Å²) in [6, 6.07) is 0.760. The van der Waals surface area contributed by atoms with Crippen LogP contribution < -0.4 is 10.6 Å². The van der Waals surface area contributed by atoms with Gasteiger partial charge in [-0.3, -0.25) is 9.58 Å². The van der Waals surface area contributed by atoms with Gasteiger partial charge in [-0.15, -0.1) is 0 Å². The molecule has 0 aromatic carbocycles. The van der Waals surface area contributed by atoms with Gasteiger partial charge in [-0.1, -0.05) is 6.42 Å². The zero-order valence-corrected chi connectivity index (χ0v) is 14.2. The number of aromatic nitrogens is 4. The molecule has 0 saturated carbocycles. The van der Waals surface area contributed by atoms with Crippen molar-refractivity contribution < 1.29 is 0 Å². The van der Waals surface area contributed by atoms with Crippen molar-refractivity contribution >= 4 is 22.8 Å². The molecule has 24 heavy (non-hydrogen) atoms. The number of anilines is 2. The highest BCUT2D eigenvalue weighted by Gasteiger charge is 2.42. The number of rotatable bonds is 1. The maximum Gasteiger partial charge on any atom is 0.229 e. The zero-order valence-electron chi connectivity index (χ0n) is 14.2. The van der Waals surface area contributed by atoms with Gasteiger partial charge >= 0.3 is 0 Å².